The van der Waals surface area contributed by atoms with Crippen LogP contribution >= 0.6 is 0 Å². The molecule has 4 heteroatoms. The lowest BCUT2D eigenvalue weighted by atomic mass is 9.97. The van der Waals surface area contributed by atoms with Crippen LogP contribution in [0.15, 0.2) is 12.1 Å². The van der Waals surface area contributed by atoms with Gasteiger partial charge in [-0.3, -0.25) is 5.32 Å². The van der Waals surface area contributed by atoms with E-state index in [1.54, 1.807) is 7.11 Å². The molecule has 1 aromatic rings. The first-order valence-corrected chi connectivity index (χ1v) is 6.55. The van der Waals surface area contributed by atoms with Crippen LogP contribution in [0.1, 0.15) is 35.6 Å². The molecule has 4 nitrogen and oxygen atoms in total. The molecule has 0 radical (unpaired) electrons. The fraction of sp³-hybridized carbons (Fsp3) is 0.533. The van der Waals surface area contributed by atoms with Crippen LogP contribution in [0.4, 0.5) is 0 Å². The van der Waals surface area contributed by atoms with Crippen molar-refractivity contribution in [2.45, 2.75) is 38.8 Å². The quantitative estimate of drug-likeness (QED) is 0.828. The minimum atomic E-state index is -0.451. The third kappa shape index (κ3) is 3.07. The van der Waals surface area contributed by atoms with Gasteiger partial charge >= 0.3 is 5.97 Å². The van der Waals surface area contributed by atoms with Gasteiger partial charge in [-0.15, -0.1) is 0 Å². The summed E-state index contributed by atoms with van der Waals surface area (Å²) >= 11 is 0. The van der Waals surface area contributed by atoms with Gasteiger partial charge in [-0.25, -0.2) is 4.79 Å². The van der Waals surface area contributed by atoms with Crippen LogP contribution in [-0.4, -0.2) is 26.2 Å². The van der Waals surface area contributed by atoms with Crippen molar-refractivity contribution in [1.29, 1.82) is 0 Å². The number of methoxy groups -OCH3 is 2. The zero-order valence-corrected chi connectivity index (χ0v) is 11.9. The van der Waals surface area contributed by atoms with Crippen LogP contribution < -0.4 is 10.1 Å². The summed E-state index contributed by atoms with van der Waals surface area (Å²) in [6, 6.07) is 3.97. The number of carbonyl (C=O) groups excluding carboxylic acids is 1. The molecule has 1 aromatic carbocycles. The molecule has 1 unspecified atom stereocenters. The normalized spacial score (nSPS) is 16.0. The highest BCUT2D eigenvalue weighted by Crippen LogP contribution is 2.33. The summed E-state index contributed by atoms with van der Waals surface area (Å²) < 4.78 is 10.4. The largest absolute Gasteiger partial charge is 0.496 e. The number of hydrogen-bond donors (Lipinski definition) is 1. The van der Waals surface area contributed by atoms with Crippen molar-refractivity contribution in [1.82, 2.24) is 5.32 Å². The molecule has 0 aromatic heterocycles. The molecule has 0 saturated heterocycles. The van der Waals surface area contributed by atoms with Gasteiger partial charge in [-0.1, -0.05) is 6.07 Å². The van der Waals surface area contributed by atoms with Gasteiger partial charge in [0.25, 0.3) is 0 Å². The standard InChI is InChI=1S/C15H21NO3/c1-9-7-10(2)13(12(8-9)18-3)14(15(17)19-4)16-11-5-6-11/h7-8,11,14,16H,5-6H2,1-4H3. The highest BCUT2D eigenvalue weighted by atomic mass is 16.5. The molecule has 2 rings (SSSR count). The average molecular weight is 263 g/mol. The fourth-order valence-electron chi connectivity index (χ4n) is 2.35. The molecule has 0 amide bonds. The van der Waals surface area contributed by atoms with E-state index in [9.17, 15) is 4.79 Å². The fourth-order valence-corrected chi connectivity index (χ4v) is 2.35. The van der Waals surface area contributed by atoms with E-state index in [2.05, 4.69) is 11.4 Å². The predicted octanol–water partition coefficient (Wildman–Crippen LogP) is 2.28. The van der Waals surface area contributed by atoms with E-state index in [4.69, 9.17) is 9.47 Å². The van der Waals surface area contributed by atoms with Gasteiger partial charge in [-0.2, -0.15) is 0 Å². The number of aryl methyl sites for hydroxylation is 2. The smallest absolute Gasteiger partial charge is 0.327 e. The molecule has 1 fully saturated rings. The van der Waals surface area contributed by atoms with E-state index in [0.717, 1.165) is 35.3 Å². The molecule has 104 valence electrons. The summed E-state index contributed by atoms with van der Waals surface area (Å²) in [5.41, 5.74) is 3.04. The van der Waals surface area contributed by atoms with Crippen molar-refractivity contribution in [2.24, 2.45) is 0 Å². The Morgan fingerprint density at radius 1 is 1.32 bits per heavy atom. The van der Waals surface area contributed by atoms with Crippen molar-refractivity contribution >= 4 is 5.97 Å². The van der Waals surface area contributed by atoms with Crippen molar-refractivity contribution in [3.63, 3.8) is 0 Å². The molecule has 1 N–H and O–H groups in total. The lowest BCUT2D eigenvalue weighted by Crippen LogP contribution is -2.32. The molecule has 0 spiro atoms. The number of ether oxygens (including phenoxy) is 2. The number of benzene rings is 1. The molecule has 1 atom stereocenters. The third-order valence-electron chi connectivity index (χ3n) is 3.42. The first-order chi connectivity index (χ1) is 9.06. The Bertz CT molecular complexity index is 481. The van der Waals surface area contributed by atoms with Crippen LogP contribution in [-0.2, 0) is 9.53 Å². The lowest BCUT2D eigenvalue weighted by molar-refractivity contribution is -0.143. The summed E-state index contributed by atoms with van der Waals surface area (Å²) in [7, 11) is 3.04. The minimum Gasteiger partial charge on any atom is -0.496 e. The van der Waals surface area contributed by atoms with Gasteiger partial charge in [0.15, 0.2) is 0 Å². The van der Waals surface area contributed by atoms with Crippen molar-refractivity contribution in [3.05, 3.63) is 28.8 Å². The van der Waals surface area contributed by atoms with Crippen molar-refractivity contribution < 1.29 is 14.3 Å². The Morgan fingerprint density at radius 3 is 2.53 bits per heavy atom. The van der Waals surface area contributed by atoms with Gasteiger partial charge in [0, 0.05) is 11.6 Å². The van der Waals surface area contributed by atoms with E-state index in [0.29, 0.717) is 6.04 Å². The first-order valence-electron chi connectivity index (χ1n) is 6.55. The summed E-state index contributed by atoms with van der Waals surface area (Å²) in [5.74, 6) is 0.471. The van der Waals surface area contributed by atoms with E-state index in [1.165, 1.54) is 7.11 Å². The SMILES string of the molecule is COC(=O)C(NC1CC1)c1c(C)cc(C)cc1OC. The molecule has 1 saturated carbocycles. The van der Waals surface area contributed by atoms with Crippen LogP contribution in [0.25, 0.3) is 0 Å². The summed E-state index contributed by atoms with van der Waals surface area (Å²) in [4.78, 5) is 12.0. The van der Waals surface area contributed by atoms with Gasteiger partial charge < -0.3 is 9.47 Å². The topological polar surface area (TPSA) is 47.6 Å². The highest BCUT2D eigenvalue weighted by molar-refractivity contribution is 5.79. The maximum atomic E-state index is 12.0. The van der Waals surface area contributed by atoms with Gasteiger partial charge in [0.05, 0.1) is 14.2 Å². The number of hydrogen-bond acceptors (Lipinski definition) is 4. The number of rotatable bonds is 5. The zero-order valence-electron chi connectivity index (χ0n) is 11.9. The molecule has 1 aliphatic rings. The summed E-state index contributed by atoms with van der Waals surface area (Å²) in [6.45, 7) is 4.01. The Labute approximate surface area is 114 Å². The Hall–Kier alpha value is -1.55. The predicted molar refractivity (Wildman–Crippen MR) is 73.4 cm³/mol. The minimum absolute atomic E-state index is 0.267. The Balaban J connectivity index is 2.41. The molecule has 0 aliphatic heterocycles. The zero-order chi connectivity index (χ0) is 14.0. The monoisotopic (exact) mass is 263 g/mol. The number of carbonyl (C=O) groups is 1. The molecule has 0 bridgehead atoms. The molecular weight excluding hydrogens is 242 g/mol. The van der Waals surface area contributed by atoms with Crippen molar-refractivity contribution in [3.8, 4) is 5.75 Å². The van der Waals surface area contributed by atoms with Crippen LogP contribution in [0.2, 0.25) is 0 Å². The Morgan fingerprint density at radius 2 is 2.00 bits per heavy atom. The molecular formula is C15H21NO3. The van der Waals surface area contributed by atoms with E-state index < -0.39 is 6.04 Å². The van der Waals surface area contributed by atoms with E-state index in [1.807, 2.05) is 19.9 Å². The average Bonchev–Trinajstić information content (AvgIpc) is 3.19. The second-order valence-electron chi connectivity index (χ2n) is 5.09. The number of esters is 1. The Kier molecular flexibility index (Phi) is 4.10. The maximum absolute atomic E-state index is 12.0. The summed E-state index contributed by atoms with van der Waals surface area (Å²) in [6.07, 6.45) is 2.22. The van der Waals surface area contributed by atoms with Crippen LogP contribution in [0.3, 0.4) is 0 Å². The van der Waals surface area contributed by atoms with Gasteiger partial charge in [-0.05, 0) is 43.9 Å². The first kappa shape index (κ1) is 13.9. The van der Waals surface area contributed by atoms with Crippen LogP contribution in [0, 0.1) is 13.8 Å². The van der Waals surface area contributed by atoms with E-state index in [-0.39, 0.29) is 5.97 Å². The summed E-state index contributed by atoms with van der Waals surface area (Å²) in [5, 5.41) is 3.34. The van der Waals surface area contributed by atoms with Crippen LogP contribution in [0.5, 0.6) is 5.75 Å². The second-order valence-corrected chi connectivity index (χ2v) is 5.09. The highest BCUT2D eigenvalue weighted by Gasteiger charge is 2.32. The lowest BCUT2D eigenvalue weighted by Gasteiger charge is -2.21. The third-order valence-corrected chi connectivity index (χ3v) is 3.42. The van der Waals surface area contributed by atoms with Gasteiger partial charge in [0.1, 0.15) is 11.8 Å². The molecule has 0 heterocycles. The van der Waals surface area contributed by atoms with E-state index >= 15 is 0 Å². The second kappa shape index (κ2) is 5.61. The number of nitrogens with one attached hydrogen (secondary N) is 1. The molecule has 1 aliphatic carbocycles. The molecule has 19 heavy (non-hydrogen) atoms. The van der Waals surface area contributed by atoms with Crippen molar-refractivity contribution in [2.75, 3.05) is 14.2 Å². The van der Waals surface area contributed by atoms with Gasteiger partial charge in [0.2, 0.25) is 0 Å². The maximum Gasteiger partial charge on any atom is 0.327 e.